The minimum Gasteiger partial charge on any atom is -0.357 e. The summed E-state index contributed by atoms with van der Waals surface area (Å²) >= 11 is 6.01. The molecule has 0 saturated heterocycles. The smallest absolute Gasteiger partial charge is 0.224 e. The van der Waals surface area contributed by atoms with Gasteiger partial charge in [-0.3, -0.25) is 0 Å². The summed E-state index contributed by atoms with van der Waals surface area (Å²) in [7, 11) is 1.76. The number of hydrogen-bond acceptors (Lipinski definition) is 4. The zero-order chi connectivity index (χ0) is 14.1. The summed E-state index contributed by atoms with van der Waals surface area (Å²) in [6, 6.07) is 6.41. The molecule has 0 radical (unpaired) electrons. The van der Waals surface area contributed by atoms with Gasteiger partial charge in [0.2, 0.25) is 5.95 Å². The van der Waals surface area contributed by atoms with Crippen LogP contribution in [0.5, 0.6) is 0 Å². The van der Waals surface area contributed by atoms with Crippen LogP contribution in [0.3, 0.4) is 0 Å². The number of hydrogen-bond donors (Lipinski definition) is 2. The number of para-hydroxylation sites is 1. The predicted octanol–water partition coefficient (Wildman–Crippen LogP) is 3.93. The number of nitrogens with one attached hydrogen (secondary N) is 2. The highest BCUT2D eigenvalue weighted by Crippen LogP contribution is 2.40. The highest BCUT2D eigenvalue weighted by molar-refractivity contribution is 6.33. The number of halogens is 2. The fraction of sp³-hybridized carbons (Fsp3) is 0.286. The highest BCUT2D eigenvalue weighted by atomic mass is 35.5. The van der Waals surface area contributed by atoms with Crippen LogP contribution in [0.2, 0.25) is 5.02 Å². The summed E-state index contributed by atoms with van der Waals surface area (Å²) in [4.78, 5) is 8.69. The molecule has 1 aromatic carbocycles. The van der Waals surface area contributed by atoms with E-state index in [2.05, 4.69) is 20.6 Å². The quantitative estimate of drug-likeness (QED) is 0.896. The average Bonchev–Trinajstić information content (AvgIpc) is 3.27. The number of anilines is 3. The largest absolute Gasteiger partial charge is 0.357 e. The highest BCUT2D eigenvalue weighted by Gasteiger charge is 2.26. The van der Waals surface area contributed by atoms with Gasteiger partial charge < -0.3 is 10.6 Å². The summed E-state index contributed by atoms with van der Waals surface area (Å²) in [5.74, 6) is 1.14. The van der Waals surface area contributed by atoms with E-state index >= 15 is 0 Å². The fourth-order valence-corrected chi connectivity index (χ4v) is 2.19. The number of benzene rings is 1. The molecule has 6 heteroatoms. The van der Waals surface area contributed by atoms with Crippen LogP contribution in [-0.2, 0) is 0 Å². The van der Waals surface area contributed by atoms with Gasteiger partial charge in [-0.1, -0.05) is 17.7 Å². The normalized spacial score (nSPS) is 14.2. The maximum Gasteiger partial charge on any atom is 0.224 e. The second kappa shape index (κ2) is 5.25. The molecule has 104 valence electrons. The average molecular weight is 293 g/mol. The van der Waals surface area contributed by atoms with Crippen molar-refractivity contribution in [2.75, 3.05) is 17.7 Å². The third kappa shape index (κ3) is 2.67. The van der Waals surface area contributed by atoms with Crippen LogP contribution in [0.4, 0.5) is 21.8 Å². The lowest BCUT2D eigenvalue weighted by molar-refractivity contribution is 0.632. The topological polar surface area (TPSA) is 49.8 Å². The Labute approximate surface area is 121 Å². The minimum absolute atomic E-state index is 0.233. The van der Waals surface area contributed by atoms with Crippen LogP contribution in [-0.4, -0.2) is 17.0 Å². The van der Waals surface area contributed by atoms with E-state index in [1.165, 1.54) is 6.07 Å². The Morgan fingerprint density at radius 2 is 2.10 bits per heavy atom. The number of aromatic nitrogens is 2. The summed E-state index contributed by atoms with van der Waals surface area (Å²) in [6.45, 7) is 0. The molecule has 2 aromatic rings. The van der Waals surface area contributed by atoms with Crippen LogP contribution in [0.25, 0.3) is 0 Å². The van der Waals surface area contributed by atoms with Crippen molar-refractivity contribution in [3.05, 3.63) is 40.8 Å². The van der Waals surface area contributed by atoms with Gasteiger partial charge in [0.05, 0.1) is 16.4 Å². The van der Waals surface area contributed by atoms with E-state index in [4.69, 9.17) is 11.6 Å². The van der Waals surface area contributed by atoms with E-state index in [1.54, 1.807) is 19.2 Å². The van der Waals surface area contributed by atoms with E-state index in [0.29, 0.717) is 22.7 Å². The first kappa shape index (κ1) is 13.1. The molecule has 0 bridgehead atoms. The van der Waals surface area contributed by atoms with Crippen molar-refractivity contribution in [2.24, 2.45) is 0 Å². The molecule has 4 nitrogen and oxygen atoms in total. The summed E-state index contributed by atoms with van der Waals surface area (Å²) in [6.07, 6.45) is 2.28. The molecular weight excluding hydrogens is 279 g/mol. The molecule has 0 atom stereocenters. The molecular formula is C14H14ClFN4. The van der Waals surface area contributed by atoms with Gasteiger partial charge in [-0.05, 0) is 25.0 Å². The predicted molar refractivity (Wildman–Crippen MR) is 78.2 cm³/mol. The van der Waals surface area contributed by atoms with Crippen molar-refractivity contribution in [2.45, 2.75) is 18.8 Å². The number of rotatable bonds is 4. The molecule has 20 heavy (non-hydrogen) atoms. The molecule has 0 aliphatic heterocycles. The van der Waals surface area contributed by atoms with Crippen LogP contribution in [0.1, 0.15) is 24.5 Å². The molecule has 0 unspecified atom stereocenters. The first-order chi connectivity index (χ1) is 9.67. The van der Waals surface area contributed by atoms with Gasteiger partial charge in [-0.2, -0.15) is 4.98 Å². The van der Waals surface area contributed by atoms with Crippen molar-refractivity contribution >= 4 is 29.1 Å². The number of nitrogens with zero attached hydrogens (tertiary/aromatic N) is 2. The van der Waals surface area contributed by atoms with Crippen LogP contribution < -0.4 is 10.6 Å². The Balaban J connectivity index is 1.95. The first-order valence-electron chi connectivity index (χ1n) is 6.45. The van der Waals surface area contributed by atoms with Crippen LogP contribution in [0.15, 0.2) is 24.3 Å². The Hall–Kier alpha value is -1.88. The van der Waals surface area contributed by atoms with Crippen molar-refractivity contribution in [3.8, 4) is 0 Å². The first-order valence-corrected chi connectivity index (χ1v) is 6.83. The Morgan fingerprint density at radius 3 is 2.75 bits per heavy atom. The Kier molecular flexibility index (Phi) is 3.44. The molecule has 0 amide bonds. The van der Waals surface area contributed by atoms with Crippen molar-refractivity contribution < 1.29 is 4.39 Å². The lowest BCUT2D eigenvalue weighted by Crippen LogP contribution is -2.04. The molecule has 1 heterocycles. The summed E-state index contributed by atoms with van der Waals surface area (Å²) in [5.41, 5.74) is 1.20. The monoisotopic (exact) mass is 292 g/mol. The lowest BCUT2D eigenvalue weighted by atomic mass is 10.2. The molecule has 1 saturated carbocycles. The van der Waals surface area contributed by atoms with Gasteiger partial charge in [0, 0.05) is 19.0 Å². The van der Waals surface area contributed by atoms with E-state index in [9.17, 15) is 4.39 Å². The lowest BCUT2D eigenvalue weighted by Gasteiger charge is -2.11. The molecule has 1 aliphatic rings. The van der Waals surface area contributed by atoms with Gasteiger partial charge in [0.1, 0.15) is 11.6 Å². The fourth-order valence-electron chi connectivity index (χ4n) is 1.98. The molecule has 2 N–H and O–H groups in total. The molecule has 1 aromatic heterocycles. The van der Waals surface area contributed by atoms with Crippen molar-refractivity contribution in [1.29, 1.82) is 0 Å². The van der Waals surface area contributed by atoms with Crippen LogP contribution >= 0.6 is 11.6 Å². The van der Waals surface area contributed by atoms with Crippen molar-refractivity contribution in [1.82, 2.24) is 9.97 Å². The van der Waals surface area contributed by atoms with E-state index < -0.39 is 5.82 Å². The SMILES string of the molecule is CNc1nc(Nc2c(F)cccc2Cl)cc(C2CC2)n1. The molecule has 1 fully saturated rings. The molecule has 1 aliphatic carbocycles. The van der Waals surface area contributed by atoms with Gasteiger partial charge in [0.15, 0.2) is 0 Å². The van der Waals surface area contributed by atoms with Crippen LogP contribution in [0, 0.1) is 5.82 Å². The second-order valence-corrected chi connectivity index (χ2v) is 5.15. The van der Waals surface area contributed by atoms with Crippen molar-refractivity contribution in [3.63, 3.8) is 0 Å². The minimum atomic E-state index is -0.407. The Bertz CT molecular complexity index is 623. The van der Waals surface area contributed by atoms with Gasteiger partial charge >= 0.3 is 0 Å². The third-order valence-electron chi connectivity index (χ3n) is 3.18. The Morgan fingerprint density at radius 1 is 1.30 bits per heavy atom. The molecule has 3 rings (SSSR count). The summed E-state index contributed by atoms with van der Waals surface area (Å²) < 4.78 is 13.8. The van der Waals surface area contributed by atoms with Gasteiger partial charge in [-0.25, -0.2) is 9.37 Å². The summed E-state index contributed by atoms with van der Waals surface area (Å²) in [5, 5.41) is 6.18. The standard InChI is InChI=1S/C14H14ClFN4/c1-17-14-18-11(8-5-6-8)7-12(20-14)19-13-9(15)3-2-4-10(13)16/h2-4,7-8H,5-6H2,1H3,(H2,17,18,19,20). The zero-order valence-electron chi connectivity index (χ0n) is 11.0. The zero-order valence-corrected chi connectivity index (χ0v) is 11.7. The second-order valence-electron chi connectivity index (χ2n) is 4.75. The molecule has 0 spiro atoms. The third-order valence-corrected chi connectivity index (χ3v) is 3.50. The van der Waals surface area contributed by atoms with E-state index in [0.717, 1.165) is 18.5 Å². The maximum absolute atomic E-state index is 13.8. The van der Waals surface area contributed by atoms with E-state index in [-0.39, 0.29) is 5.69 Å². The van der Waals surface area contributed by atoms with E-state index in [1.807, 2.05) is 6.07 Å². The van der Waals surface area contributed by atoms with Gasteiger partial charge in [-0.15, -0.1) is 0 Å². The van der Waals surface area contributed by atoms with Gasteiger partial charge in [0.25, 0.3) is 0 Å². The maximum atomic E-state index is 13.8.